The fourth-order valence-electron chi connectivity index (χ4n) is 8.46. The molecule has 2 N–H and O–H groups in total. The van der Waals surface area contributed by atoms with Crippen molar-refractivity contribution in [3.05, 3.63) is 71.2 Å². The Bertz CT molecular complexity index is 1230. The molecule has 2 aromatic carbocycles. The topological polar surface area (TPSA) is 54.1 Å². The third kappa shape index (κ3) is 3.88. The average molecular weight is 473 g/mol. The summed E-state index contributed by atoms with van der Waals surface area (Å²) < 4.78 is 20.0. The molecule has 4 saturated carbocycles. The van der Waals surface area contributed by atoms with Crippen molar-refractivity contribution in [2.45, 2.75) is 70.1 Å². The molecule has 1 aromatic heterocycles. The quantitative estimate of drug-likeness (QED) is 0.434. The summed E-state index contributed by atoms with van der Waals surface area (Å²) >= 11 is 0. The number of benzene rings is 2. The normalized spacial score (nSPS) is 33.1. The zero-order valence-corrected chi connectivity index (χ0v) is 20.1. The number of aromatic amines is 1. The first kappa shape index (κ1) is 21.6. The number of carbonyl (C=O) groups excluding carboxylic acids is 1. The van der Waals surface area contributed by atoms with E-state index >= 15 is 0 Å². The van der Waals surface area contributed by atoms with Gasteiger partial charge in [0.1, 0.15) is 18.5 Å². The number of halogens is 1. The van der Waals surface area contributed by atoms with E-state index < -0.39 is 6.04 Å². The van der Waals surface area contributed by atoms with Gasteiger partial charge in [-0.25, -0.2) is 4.39 Å². The van der Waals surface area contributed by atoms with E-state index in [9.17, 15) is 9.18 Å². The molecule has 0 amide bonds. The Kier molecular flexibility index (Phi) is 5.06. The molecule has 4 fully saturated rings. The molecule has 2 atom stereocenters. The lowest BCUT2D eigenvalue weighted by atomic mass is 9.48. The van der Waals surface area contributed by atoms with Gasteiger partial charge in [0.2, 0.25) is 0 Å². The second-order valence-corrected chi connectivity index (χ2v) is 11.9. The molecule has 0 spiro atoms. The van der Waals surface area contributed by atoms with Crippen LogP contribution in [-0.2, 0) is 22.6 Å². The lowest BCUT2D eigenvalue weighted by Crippen LogP contribution is -2.50. The first-order chi connectivity index (χ1) is 17.0. The monoisotopic (exact) mass is 472 g/mol. The molecule has 5 heteroatoms. The number of carbonyl (C=O) groups is 1. The molecule has 3 aromatic rings. The highest BCUT2D eigenvalue weighted by Crippen LogP contribution is 2.62. The Balaban J connectivity index is 1.19. The first-order valence-corrected chi connectivity index (χ1v) is 13.3. The largest absolute Gasteiger partial charge is 0.460 e. The summed E-state index contributed by atoms with van der Waals surface area (Å²) in [7, 11) is 0. The van der Waals surface area contributed by atoms with Crippen LogP contribution in [0, 0.1) is 29.0 Å². The van der Waals surface area contributed by atoms with Gasteiger partial charge in [0.15, 0.2) is 0 Å². The van der Waals surface area contributed by atoms with Gasteiger partial charge in [-0.05, 0) is 97.4 Å². The lowest BCUT2D eigenvalue weighted by molar-refractivity contribution is -0.148. The van der Waals surface area contributed by atoms with Crippen LogP contribution in [-0.4, -0.2) is 17.0 Å². The van der Waals surface area contributed by atoms with Crippen molar-refractivity contribution in [1.29, 1.82) is 0 Å². The Morgan fingerprint density at radius 1 is 1.00 bits per heavy atom. The van der Waals surface area contributed by atoms with Gasteiger partial charge in [0.05, 0.1) is 0 Å². The van der Waals surface area contributed by atoms with E-state index in [4.69, 9.17) is 4.74 Å². The number of fused-ring (bicyclic) bond motifs is 3. The predicted molar refractivity (Wildman–Crippen MR) is 133 cm³/mol. The van der Waals surface area contributed by atoms with Crippen LogP contribution >= 0.6 is 0 Å². The number of H-pyrrole nitrogens is 1. The Morgan fingerprint density at radius 2 is 1.71 bits per heavy atom. The highest BCUT2D eigenvalue weighted by atomic mass is 19.1. The van der Waals surface area contributed by atoms with Gasteiger partial charge >= 0.3 is 5.97 Å². The van der Waals surface area contributed by atoms with Crippen molar-refractivity contribution >= 4 is 16.9 Å². The Morgan fingerprint density at radius 3 is 2.43 bits per heavy atom. The van der Waals surface area contributed by atoms with E-state index in [1.54, 1.807) is 6.07 Å². The first-order valence-electron chi connectivity index (χ1n) is 13.3. The van der Waals surface area contributed by atoms with Crippen molar-refractivity contribution < 1.29 is 13.9 Å². The average Bonchev–Trinajstić information content (AvgIpc) is 3.20. The SMILES string of the molecule is O=C(OCc1ccccc1)[C@@H]1Cc2c([nH]c3ccc(F)cc23)[C@@H](CC23CC4CC(CC(C4)C2)C3)N1. The fourth-order valence-corrected chi connectivity index (χ4v) is 8.46. The van der Waals surface area contributed by atoms with E-state index in [2.05, 4.69) is 10.3 Å². The van der Waals surface area contributed by atoms with Gasteiger partial charge in [0.25, 0.3) is 0 Å². The maximum atomic E-state index is 14.2. The van der Waals surface area contributed by atoms with Gasteiger partial charge in [-0.15, -0.1) is 0 Å². The Labute approximate surface area is 205 Å². The highest BCUT2D eigenvalue weighted by Gasteiger charge is 2.52. The van der Waals surface area contributed by atoms with Crippen LogP contribution in [0.3, 0.4) is 0 Å². The molecule has 182 valence electrons. The van der Waals surface area contributed by atoms with E-state index in [1.165, 1.54) is 44.6 Å². The van der Waals surface area contributed by atoms with Crippen LogP contribution in [0.25, 0.3) is 10.9 Å². The van der Waals surface area contributed by atoms with E-state index in [0.29, 0.717) is 11.8 Å². The molecule has 4 nitrogen and oxygen atoms in total. The molecule has 0 saturated heterocycles. The minimum atomic E-state index is -0.424. The summed E-state index contributed by atoms with van der Waals surface area (Å²) in [5.41, 5.74) is 4.52. The van der Waals surface area contributed by atoms with E-state index in [0.717, 1.165) is 51.9 Å². The summed E-state index contributed by atoms with van der Waals surface area (Å²) in [5.74, 6) is 2.19. The zero-order valence-electron chi connectivity index (χ0n) is 20.1. The van der Waals surface area contributed by atoms with Crippen molar-refractivity contribution in [3.63, 3.8) is 0 Å². The number of ether oxygens (including phenoxy) is 1. The van der Waals surface area contributed by atoms with Crippen LogP contribution in [0.1, 0.15) is 67.8 Å². The van der Waals surface area contributed by atoms with Crippen LogP contribution < -0.4 is 5.32 Å². The molecular formula is C30H33FN2O2. The van der Waals surface area contributed by atoms with Crippen molar-refractivity contribution in [3.8, 4) is 0 Å². The Hall–Kier alpha value is -2.66. The standard InChI is InChI=1S/C30H33FN2O2/c31-22-6-7-25-23(11-22)24-12-26(29(34)35-17-18-4-2-1-3-5-18)32-27(28(24)33-25)16-30-13-19-8-20(14-30)10-21(9-19)15-30/h1-7,11,19-21,26-27,32-33H,8-10,12-17H2/t19?,20?,21?,26-,27+,30?/m0/s1. The third-order valence-corrected chi connectivity index (χ3v) is 9.37. The predicted octanol–water partition coefficient (Wildman–Crippen LogP) is 6.21. The zero-order chi connectivity index (χ0) is 23.6. The summed E-state index contributed by atoms with van der Waals surface area (Å²) in [5, 5.41) is 4.60. The number of hydrogen-bond acceptors (Lipinski definition) is 3. The number of rotatable bonds is 5. The molecule has 5 aliphatic rings. The maximum Gasteiger partial charge on any atom is 0.323 e. The smallest absolute Gasteiger partial charge is 0.323 e. The number of esters is 1. The molecule has 35 heavy (non-hydrogen) atoms. The van der Waals surface area contributed by atoms with E-state index in [1.807, 2.05) is 36.4 Å². The van der Waals surface area contributed by atoms with E-state index in [-0.39, 0.29) is 24.4 Å². The summed E-state index contributed by atoms with van der Waals surface area (Å²) in [6.45, 7) is 0.271. The second kappa shape index (κ2) is 8.19. The fraction of sp³-hybridized carbons (Fsp3) is 0.500. The summed E-state index contributed by atoms with van der Waals surface area (Å²) in [6, 6.07) is 14.4. The van der Waals surface area contributed by atoms with Gasteiger partial charge in [-0.3, -0.25) is 10.1 Å². The lowest BCUT2D eigenvalue weighted by Gasteiger charge is -2.58. The van der Waals surface area contributed by atoms with Crippen LogP contribution in [0.5, 0.6) is 0 Å². The van der Waals surface area contributed by atoms with Crippen molar-refractivity contribution in [2.75, 3.05) is 0 Å². The molecule has 1 aliphatic heterocycles. The minimum absolute atomic E-state index is 0.0553. The van der Waals surface area contributed by atoms with Crippen molar-refractivity contribution in [1.82, 2.24) is 10.3 Å². The molecule has 0 unspecified atom stereocenters. The molecule has 8 rings (SSSR count). The van der Waals surface area contributed by atoms with Gasteiger partial charge in [-0.1, -0.05) is 30.3 Å². The van der Waals surface area contributed by atoms with Crippen LogP contribution in [0.15, 0.2) is 48.5 Å². The molecule has 2 heterocycles. The summed E-state index contributed by atoms with van der Waals surface area (Å²) in [6.07, 6.45) is 9.79. The number of aromatic nitrogens is 1. The molecule has 0 radical (unpaired) electrons. The third-order valence-electron chi connectivity index (χ3n) is 9.37. The maximum absolute atomic E-state index is 14.2. The summed E-state index contributed by atoms with van der Waals surface area (Å²) in [4.78, 5) is 16.9. The van der Waals surface area contributed by atoms with Crippen molar-refractivity contribution in [2.24, 2.45) is 23.2 Å². The van der Waals surface area contributed by atoms with Gasteiger partial charge in [-0.2, -0.15) is 0 Å². The van der Waals surface area contributed by atoms with Gasteiger partial charge < -0.3 is 9.72 Å². The molecule has 4 bridgehead atoms. The molecule has 4 aliphatic carbocycles. The van der Waals surface area contributed by atoms with Crippen LogP contribution in [0.2, 0.25) is 0 Å². The molecular weight excluding hydrogens is 439 g/mol. The second-order valence-electron chi connectivity index (χ2n) is 11.9. The minimum Gasteiger partial charge on any atom is -0.460 e. The number of nitrogens with one attached hydrogen (secondary N) is 2. The van der Waals surface area contributed by atoms with Crippen LogP contribution in [0.4, 0.5) is 4.39 Å². The van der Waals surface area contributed by atoms with Gasteiger partial charge in [0, 0.05) is 29.1 Å². The number of hydrogen-bond donors (Lipinski definition) is 2. The highest BCUT2D eigenvalue weighted by molar-refractivity contribution is 5.87.